The number of halogens is 1. The van der Waals surface area contributed by atoms with E-state index in [1.54, 1.807) is 0 Å². The highest BCUT2D eigenvalue weighted by atomic mass is 32.2. The van der Waals surface area contributed by atoms with Gasteiger partial charge in [0.1, 0.15) is 12.4 Å². The van der Waals surface area contributed by atoms with Crippen LogP contribution in [-0.4, -0.2) is 62.5 Å². The number of amides is 3. The summed E-state index contributed by atoms with van der Waals surface area (Å²) in [7, 11) is -1.24. The van der Waals surface area contributed by atoms with E-state index in [0.29, 0.717) is 13.0 Å². The summed E-state index contributed by atoms with van der Waals surface area (Å²) in [6.45, 7) is 0.232. The Kier molecular flexibility index (Phi) is 7.08. The number of likely N-dealkylation sites (tertiary alicyclic amines) is 1. The second-order valence-electron chi connectivity index (χ2n) is 6.56. The van der Waals surface area contributed by atoms with Gasteiger partial charge in [0.2, 0.25) is 15.9 Å². The molecule has 9 nitrogen and oxygen atoms in total. The van der Waals surface area contributed by atoms with Gasteiger partial charge in [-0.3, -0.25) is 25.2 Å². The molecule has 0 saturated carbocycles. The number of rotatable bonds is 5. The molecule has 3 amide bonds. The van der Waals surface area contributed by atoms with Gasteiger partial charge < -0.3 is 4.90 Å². The third-order valence-corrected chi connectivity index (χ3v) is 6.09. The number of hydrogen-bond acceptors (Lipinski definition) is 5. The van der Waals surface area contributed by atoms with E-state index in [1.165, 1.54) is 19.0 Å². The Balaban J connectivity index is 2.02. The van der Waals surface area contributed by atoms with Gasteiger partial charge in [-0.25, -0.2) is 17.1 Å². The number of benzene rings is 1. The molecule has 0 unspecified atom stereocenters. The number of carbonyl (C=O) groups is 3. The number of nitrogens with zero attached hydrogens (tertiary/aromatic N) is 2. The first-order valence-corrected chi connectivity index (χ1v) is 10.2. The van der Waals surface area contributed by atoms with E-state index in [9.17, 15) is 27.2 Å². The van der Waals surface area contributed by atoms with Crippen molar-refractivity contribution in [1.29, 1.82) is 0 Å². The highest BCUT2D eigenvalue weighted by Gasteiger charge is 2.22. The fraction of sp³-hybridized carbons (Fsp3) is 0.471. The van der Waals surface area contributed by atoms with Crippen LogP contribution in [0.15, 0.2) is 23.1 Å². The Labute approximate surface area is 162 Å². The maximum Gasteiger partial charge on any atom is 0.272 e. The Bertz CT molecular complexity index is 872. The summed E-state index contributed by atoms with van der Waals surface area (Å²) in [5.41, 5.74) is 3.63. The molecule has 1 aliphatic heterocycles. The van der Waals surface area contributed by atoms with Crippen molar-refractivity contribution in [2.24, 2.45) is 0 Å². The third-order valence-electron chi connectivity index (χ3n) is 4.28. The molecule has 1 aromatic rings. The summed E-state index contributed by atoms with van der Waals surface area (Å²) in [5, 5.41) is 0. The Morgan fingerprint density at radius 3 is 2.57 bits per heavy atom. The lowest BCUT2D eigenvalue weighted by atomic mass is 10.2. The molecule has 0 bridgehead atoms. The zero-order valence-electron chi connectivity index (χ0n) is 15.7. The highest BCUT2D eigenvalue weighted by Crippen LogP contribution is 2.17. The summed E-state index contributed by atoms with van der Waals surface area (Å²) in [6, 6.07) is 2.80. The maximum atomic E-state index is 14.0. The van der Waals surface area contributed by atoms with Gasteiger partial charge >= 0.3 is 0 Å². The number of carbonyl (C=O) groups excluding carboxylic acids is 3. The van der Waals surface area contributed by atoms with Gasteiger partial charge in [0.05, 0.1) is 10.5 Å². The van der Waals surface area contributed by atoms with Gasteiger partial charge in [-0.2, -0.15) is 0 Å². The first-order chi connectivity index (χ1) is 13.1. The highest BCUT2D eigenvalue weighted by molar-refractivity contribution is 7.89. The van der Waals surface area contributed by atoms with Gasteiger partial charge in [-0.15, -0.1) is 0 Å². The molecule has 0 atom stereocenters. The minimum atomic E-state index is -3.85. The summed E-state index contributed by atoms with van der Waals surface area (Å²) in [6.07, 6.45) is 2.85. The van der Waals surface area contributed by atoms with Crippen molar-refractivity contribution >= 4 is 27.7 Å². The fourth-order valence-electron chi connectivity index (χ4n) is 2.66. The molecule has 0 radical (unpaired) electrons. The van der Waals surface area contributed by atoms with Crippen LogP contribution in [0.2, 0.25) is 0 Å². The van der Waals surface area contributed by atoms with Crippen LogP contribution in [0.25, 0.3) is 0 Å². The van der Waals surface area contributed by atoms with Crippen molar-refractivity contribution in [3.8, 4) is 0 Å². The van der Waals surface area contributed by atoms with E-state index in [2.05, 4.69) is 5.43 Å². The predicted molar refractivity (Wildman–Crippen MR) is 97.9 cm³/mol. The van der Waals surface area contributed by atoms with E-state index in [4.69, 9.17) is 0 Å². The van der Waals surface area contributed by atoms with Crippen LogP contribution in [-0.2, 0) is 19.6 Å². The predicted octanol–water partition coefficient (Wildman–Crippen LogP) is 0.240. The molecule has 2 rings (SSSR count). The molecule has 1 saturated heterocycles. The van der Waals surface area contributed by atoms with Crippen molar-refractivity contribution in [1.82, 2.24) is 20.1 Å². The molecule has 1 fully saturated rings. The average Bonchev–Trinajstić information content (AvgIpc) is 2.84. The fourth-order valence-corrected chi connectivity index (χ4v) is 3.59. The minimum absolute atomic E-state index is 0.133. The molecule has 0 spiro atoms. The number of sulfonamides is 1. The normalized spacial score (nSPS) is 15.3. The van der Waals surface area contributed by atoms with Gasteiger partial charge in [0, 0.05) is 27.1 Å². The lowest BCUT2D eigenvalue weighted by Crippen LogP contribution is -2.47. The number of hydrazine groups is 1. The van der Waals surface area contributed by atoms with E-state index >= 15 is 0 Å². The van der Waals surface area contributed by atoms with E-state index < -0.39 is 33.2 Å². The van der Waals surface area contributed by atoms with Crippen molar-refractivity contribution < 1.29 is 27.2 Å². The summed E-state index contributed by atoms with van der Waals surface area (Å²) in [5.74, 6) is -2.72. The van der Waals surface area contributed by atoms with Crippen molar-refractivity contribution in [3.05, 3.63) is 29.6 Å². The molecule has 0 aromatic heterocycles. The molecular weight excluding hydrogens is 391 g/mol. The zero-order chi connectivity index (χ0) is 20.9. The smallest absolute Gasteiger partial charge is 0.272 e. The van der Waals surface area contributed by atoms with Crippen LogP contribution in [0, 0.1) is 5.82 Å². The monoisotopic (exact) mass is 414 g/mol. The van der Waals surface area contributed by atoms with Gasteiger partial charge in [-0.05, 0) is 31.0 Å². The first-order valence-electron chi connectivity index (χ1n) is 8.72. The van der Waals surface area contributed by atoms with Gasteiger partial charge in [-0.1, -0.05) is 6.42 Å². The topological polar surface area (TPSA) is 116 Å². The number of nitrogens with one attached hydrogen (secondary N) is 2. The molecule has 154 valence electrons. The largest absolute Gasteiger partial charge is 0.333 e. The van der Waals surface area contributed by atoms with Crippen LogP contribution >= 0.6 is 0 Å². The van der Waals surface area contributed by atoms with Crippen LogP contribution in [0.3, 0.4) is 0 Å². The Hall–Kier alpha value is -2.53. The maximum absolute atomic E-state index is 14.0. The summed E-state index contributed by atoms with van der Waals surface area (Å²) >= 11 is 0. The average molecular weight is 414 g/mol. The molecule has 1 aliphatic rings. The standard InChI is InChI=1S/C17H23FN4O5S/c1-21(2)28(26,27)12-7-8-14(18)13(10-12)17(25)20-19-15(23)11-22-9-5-3-4-6-16(22)24/h7-8,10H,3-6,9,11H2,1-2H3,(H,19,23)(H,20,25). The minimum Gasteiger partial charge on any atom is -0.333 e. The van der Waals surface area contributed by atoms with Crippen LogP contribution in [0.1, 0.15) is 36.0 Å². The zero-order valence-corrected chi connectivity index (χ0v) is 16.5. The quantitative estimate of drug-likeness (QED) is 0.670. The molecule has 2 N–H and O–H groups in total. The summed E-state index contributed by atoms with van der Waals surface area (Å²) in [4.78, 5) is 37.2. The van der Waals surface area contributed by atoms with Gasteiger partial charge in [0.25, 0.3) is 11.8 Å². The second-order valence-corrected chi connectivity index (χ2v) is 8.71. The van der Waals surface area contributed by atoms with Crippen molar-refractivity contribution in [2.45, 2.75) is 30.6 Å². The molecule has 1 aromatic carbocycles. The Morgan fingerprint density at radius 2 is 1.89 bits per heavy atom. The molecule has 28 heavy (non-hydrogen) atoms. The van der Waals surface area contributed by atoms with Crippen molar-refractivity contribution in [3.63, 3.8) is 0 Å². The first kappa shape index (κ1) is 21.8. The van der Waals surface area contributed by atoms with E-state index in [0.717, 1.165) is 41.8 Å². The summed E-state index contributed by atoms with van der Waals surface area (Å²) < 4.78 is 39.2. The van der Waals surface area contributed by atoms with E-state index in [1.807, 2.05) is 5.43 Å². The van der Waals surface area contributed by atoms with Crippen LogP contribution < -0.4 is 10.9 Å². The number of hydrogen-bond donors (Lipinski definition) is 2. The van der Waals surface area contributed by atoms with Crippen LogP contribution in [0.5, 0.6) is 0 Å². The van der Waals surface area contributed by atoms with Crippen LogP contribution in [0.4, 0.5) is 4.39 Å². The lowest BCUT2D eigenvalue weighted by Gasteiger charge is -2.20. The van der Waals surface area contributed by atoms with Gasteiger partial charge in [0.15, 0.2) is 0 Å². The lowest BCUT2D eigenvalue weighted by molar-refractivity contribution is -0.135. The molecular formula is C17H23FN4O5S. The molecule has 1 heterocycles. The third kappa shape index (κ3) is 5.26. The van der Waals surface area contributed by atoms with Crippen molar-refractivity contribution in [2.75, 3.05) is 27.2 Å². The Morgan fingerprint density at radius 1 is 1.18 bits per heavy atom. The molecule has 11 heteroatoms. The van der Waals surface area contributed by atoms with E-state index in [-0.39, 0.29) is 17.3 Å². The SMILES string of the molecule is CN(C)S(=O)(=O)c1ccc(F)c(C(=O)NNC(=O)CN2CCCCCC2=O)c1. The molecule has 0 aliphatic carbocycles. The second kappa shape index (κ2) is 9.11.